The predicted molar refractivity (Wildman–Crippen MR) is 160 cm³/mol. The Labute approximate surface area is 244 Å². The molecule has 1 atom stereocenters. The van der Waals surface area contributed by atoms with Gasteiger partial charge in [0.05, 0.1) is 11.9 Å². The molecule has 0 unspecified atom stereocenters. The first-order chi connectivity index (χ1) is 18.6. The maximum atomic E-state index is 14.0. The van der Waals surface area contributed by atoms with Crippen LogP contribution in [0.1, 0.15) is 30.9 Å². The van der Waals surface area contributed by atoms with Crippen LogP contribution in [0.4, 0.5) is 5.69 Å². The van der Waals surface area contributed by atoms with Crippen LogP contribution in [-0.4, -0.2) is 50.5 Å². The molecule has 39 heavy (non-hydrogen) atoms. The molecule has 10 heteroatoms. The van der Waals surface area contributed by atoms with Crippen LogP contribution in [0.15, 0.2) is 83.3 Å². The Kier molecular flexibility index (Phi) is 11.4. The number of unbranched alkanes of at least 4 members (excludes halogenated alkanes) is 1. The molecule has 208 valence electrons. The van der Waals surface area contributed by atoms with Gasteiger partial charge in [-0.3, -0.25) is 13.9 Å². The van der Waals surface area contributed by atoms with Crippen molar-refractivity contribution in [2.24, 2.45) is 0 Å². The molecule has 0 heterocycles. The van der Waals surface area contributed by atoms with Crippen LogP contribution in [-0.2, 0) is 32.6 Å². The molecule has 0 saturated carbocycles. The third kappa shape index (κ3) is 9.08. The number of para-hydroxylation sites is 1. The summed E-state index contributed by atoms with van der Waals surface area (Å²) >= 11 is 9.63. The Morgan fingerprint density at radius 3 is 2.28 bits per heavy atom. The largest absolute Gasteiger partial charge is 0.354 e. The minimum Gasteiger partial charge on any atom is -0.354 e. The monoisotopic (exact) mass is 633 g/mol. The topological polar surface area (TPSA) is 86.8 Å². The first kappa shape index (κ1) is 30.7. The Morgan fingerprint density at radius 1 is 0.974 bits per heavy atom. The van der Waals surface area contributed by atoms with Crippen molar-refractivity contribution in [2.45, 2.75) is 38.8 Å². The van der Waals surface area contributed by atoms with Gasteiger partial charge in [0.15, 0.2) is 0 Å². The number of sulfonamides is 1. The second-order valence-electron chi connectivity index (χ2n) is 9.22. The average molecular weight is 635 g/mol. The molecule has 7 nitrogen and oxygen atoms in total. The normalized spacial score (nSPS) is 12.0. The van der Waals surface area contributed by atoms with E-state index >= 15 is 0 Å². The summed E-state index contributed by atoms with van der Waals surface area (Å²) in [6, 6.07) is 22.4. The number of nitrogens with zero attached hydrogens (tertiary/aromatic N) is 2. The van der Waals surface area contributed by atoms with Crippen molar-refractivity contribution in [2.75, 3.05) is 23.7 Å². The van der Waals surface area contributed by atoms with Crippen LogP contribution in [0, 0.1) is 0 Å². The molecule has 0 aliphatic heterocycles. The first-order valence-corrected chi connectivity index (χ1v) is 15.7. The zero-order valence-corrected chi connectivity index (χ0v) is 25.2. The van der Waals surface area contributed by atoms with Crippen LogP contribution in [0.2, 0.25) is 5.02 Å². The van der Waals surface area contributed by atoms with Crippen molar-refractivity contribution < 1.29 is 18.0 Å². The van der Waals surface area contributed by atoms with Crippen molar-refractivity contribution in [3.63, 3.8) is 0 Å². The highest BCUT2D eigenvalue weighted by molar-refractivity contribution is 9.10. The summed E-state index contributed by atoms with van der Waals surface area (Å²) in [7, 11) is -3.84. The Balaban J connectivity index is 2.04. The molecule has 2 amide bonds. The Hall–Kier alpha value is -2.88. The molecule has 0 saturated heterocycles. The fourth-order valence-corrected chi connectivity index (χ4v) is 5.83. The standard InChI is InChI=1S/C29H33BrClN3O4S/c1-3-4-17-32-29(36)27(19-22-11-6-5-7-12-22)33(20-23-13-10-14-24(31)18-23)28(35)21-34(39(2,37)38)26-16-9-8-15-25(26)30/h5-16,18,27H,3-4,17,19-21H2,1-2H3,(H,32,36)/t27-/m0/s1. The molecule has 3 rings (SSSR count). The van der Waals surface area contributed by atoms with Gasteiger partial charge in [-0.15, -0.1) is 0 Å². The number of hydrogen-bond donors (Lipinski definition) is 1. The molecule has 0 aromatic heterocycles. The predicted octanol–water partition coefficient (Wildman–Crippen LogP) is 5.42. The second kappa shape index (κ2) is 14.5. The highest BCUT2D eigenvalue weighted by Crippen LogP contribution is 2.28. The zero-order valence-electron chi connectivity index (χ0n) is 22.0. The molecule has 0 bridgehead atoms. The number of hydrogen-bond acceptors (Lipinski definition) is 4. The smallest absolute Gasteiger partial charge is 0.244 e. The van der Waals surface area contributed by atoms with Crippen molar-refractivity contribution in [3.8, 4) is 0 Å². The van der Waals surface area contributed by atoms with E-state index in [0.717, 1.165) is 34.5 Å². The summed E-state index contributed by atoms with van der Waals surface area (Å²) in [4.78, 5) is 29.0. The van der Waals surface area contributed by atoms with E-state index < -0.39 is 28.5 Å². The van der Waals surface area contributed by atoms with Gasteiger partial charge in [0.25, 0.3) is 0 Å². The van der Waals surface area contributed by atoms with Crippen molar-refractivity contribution in [1.29, 1.82) is 0 Å². The van der Waals surface area contributed by atoms with Crippen molar-refractivity contribution in [1.82, 2.24) is 10.2 Å². The molecule has 0 fully saturated rings. The summed E-state index contributed by atoms with van der Waals surface area (Å²) in [5.74, 6) is -0.808. The number of anilines is 1. The average Bonchev–Trinajstić information content (AvgIpc) is 2.90. The highest BCUT2D eigenvalue weighted by Gasteiger charge is 2.33. The number of nitrogens with one attached hydrogen (secondary N) is 1. The minimum atomic E-state index is -3.84. The van der Waals surface area contributed by atoms with Gasteiger partial charge in [0.1, 0.15) is 12.6 Å². The van der Waals surface area contributed by atoms with Gasteiger partial charge in [0.2, 0.25) is 21.8 Å². The lowest BCUT2D eigenvalue weighted by atomic mass is 10.0. The zero-order chi connectivity index (χ0) is 28.4. The van der Waals surface area contributed by atoms with Gasteiger partial charge in [-0.1, -0.05) is 79.5 Å². The van der Waals surface area contributed by atoms with E-state index in [9.17, 15) is 18.0 Å². The van der Waals surface area contributed by atoms with E-state index in [4.69, 9.17) is 11.6 Å². The van der Waals surface area contributed by atoms with Crippen LogP contribution in [0.5, 0.6) is 0 Å². The number of carbonyl (C=O) groups is 2. The minimum absolute atomic E-state index is 0.0751. The van der Waals surface area contributed by atoms with Gasteiger partial charge in [-0.25, -0.2) is 8.42 Å². The van der Waals surface area contributed by atoms with Crippen LogP contribution < -0.4 is 9.62 Å². The van der Waals surface area contributed by atoms with Crippen LogP contribution in [0.3, 0.4) is 0 Å². The van der Waals surface area contributed by atoms with E-state index in [0.29, 0.717) is 21.7 Å². The lowest BCUT2D eigenvalue weighted by Gasteiger charge is -2.33. The summed E-state index contributed by atoms with van der Waals surface area (Å²) in [6.07, 6.45) is 3.03. The summed E-state index contributed by atoms with van der Waals surface area (Å²) in [5.41, 5.74) is 1.94. The number of carbonyl (C=O) groups excluding carboxylic acids is 2. The third-order valence-electron chi connectivity index (χ3n) is 6.14. The van der Waals surface area contributed by atoms with Crippen LogP contribution >= 0.6 is 27.5 Å². The molecule has 3 aromatic carbocycles. The first-order valence-electron chi connectivity index (χ1n) is 12.7. The van der Waals surface area contributed by atoms with E-state index in [2.05, 4.69) is 21.2 Å². The summed E-state index contributed by atoms with van der Waals surface area (Å²) in [6.45, 7) is 2.11. The van der Waals surface area contributed by atoms with Crippen molar-refractivity contribution >= 4 is 55.1 Å². The maximum absolute atomic E-state index is 14.0. The van der Waals surface area contributed by atoms with Crippen LogP contribution in [0.25, 0.3) is 0 Å². The Bertz CT molecular complexity index is 1370. The molecule has 0 radical (unpaired) electrons. The van der Waals surface area contributed by atoms with E-state index in [1.165, 1.54) is 4.90 Å². The summed E-state index contributed by atoms with van der Waals surface area (Å²) in [5, 5.41) is 3.46. The molecule has 0 aliphatic carbocycles. The molecule has 1 N–H and O–H groups in total. The summed E-state index contributed by atoms with van der Waals surface area (Å²) < 4.78 is 27.3. The van der Waals surface area contributed by atoms with Crippen molar-refractivity contribution in [3.05, 3.63) is 99.5 Å². The van der Waals surface area contributed by atoms with Gasteiger partial charge < -0.3 is 10.2 Å². The number of amides is 2. The molecule has 0 aliphatic rings. The van der Waals surface area contributed by atoms with Gasteiger partial charge in [-0.2, -0.15) is 0 Å². The number of benzene rings is 3. The molecule has 3 aromatic rings. The van der Waals surface area contributed by atoms with Gasteiger partial charge in [0, 0.05) is 29.0 Å². The quantitative estimate of drug-likeness (QED) is 0.254. The molecular formula is C29H33BrClN3O4S. The van der Waals surface area contributed by atoms with E-state index in [-0.39, 0.29) is 18.9 Å². The fraction of sp³-hybridized carbons (Fsp3) is 0.310. The molecular weight excluding hydrogens is 602 g/mol. The van der Waals surface area contributed by atoms with Gasteiger partial charge in [-0.05, 0) is 57.7 Å². The molecule has 0 spiro atoms. The lowest BCUT2D eigenvalue weighted by molar-refractivity contribution is -0.140. The number of halogens is 2. The Morgan fingerprint density at radius 2 is 1.64 bits per heavy atom. The number of rotatable bonds is 13. The third-order valence-corrected chi connectivity index (χ3v) is 8.18. The highest BCUT2D eigenvalue weighted by atomic mass is 79.9. The van der Waals surface area contributed by atoms with E-state index in [1.807, 2.05) is 43.3 Å². The second-order valence-corrected chi connectivity index (χ2v) is 12.4. The van der Waals surface area contributed by atoms with E-state index in [1.54, 1.807) is 42.5 Å². The fourth-order valence-electron chi connectivity index (χ4n) is 4.14. The SMILES string of the molecule is CCCCNC(=O)[C@H](Cc1ccccc1)N(Cc1cccc(Cl)c1)C(=O)CN(c1ccccc1Br)S(C)(=O)=O. The lowest BCUT2D eigenvalue weighted by Crippen LogP contribution is -2.53. The maximum Gasteiger partial charge on any atom is 0.244 e. The van der Waals surface area contributed by atoms with Gasteiger partial charge >= 0.3 is 0 Å².